The Morgan fingerprint density at radius 1 is 1.39 bits per heavy atom. The molecule has 3 N–H and O–H groups in total. The molecule has 0 amide bonds. The summed E-state index contributed by atoms with van der Waals surface area (Å²) >= 11 is 0. The molecule has 7 nitrogen and oxygen atoms in total. The molecule has 8 heteroatoms. The van der Waals surface area contributed by atoms with Gasteiger partial charge < -0.3 is 15.5 Å². The first kappa shape index (κ1) is 16.4. The van der Waals surface area contributed by atoms with E-state index in [0.717, 1.165) is 6.42 Å². The summed E-state index contributed by atoms with van der Waals surface area (Å²) in [5.41, 5.74) is 6.04. The highest BCUT2D eigenvalue weighted by molar-refractivity contribution is 7.89. The van der Waals surface area contributed by atoms with Crippen LogP contribution in [-0.2, 0) is 14.8 Å². The van der Waals surface area contributed by atoms with Crippen LogP contribution in [0.25, 0.3) is 11.0 Å². The van der Waals surface area contributed by atoms with E-state index in [1.54, 1.807) is 18.3 Å². The number of ether oxygens (including phenoxy) is 1. The molecule has 1 aliphatic heterocycles. The molecule has 0 bridgehead atoms. The summed E-state index contributed by atoms with van der Waals surface area (Å²) in [7, 11) is -3.51. The summed E-state index contributed by atoms with van der Waals surface area (Å²) in [6, 6.07) is 3.51. The number of H-pyrrole nitrogens is 1. The van der Waals surface area contributed by atoms with Crippen molar-refractivity contribution in [1.29, 1.82) is 0 Å². The monoisotopic (exact) mass is 338 g/mol. The first-order valence-corrected chi connectivity index (χ1v) is 9.31. The van der Waals surface area contributed by atoms with Crippen LogP contribution in [0.5, 0.6) is 0 Å². The third kappa shape index (κ3) is 3.40. The Hall–Kier alpha value is -1.48. The van der Waals surface area contributed by atoms with Crippen molar-refractivity contribution in [1.82, 2.24) is 14.3 Å². The SMILES string of the molecule is NCCCOC1CCN(S(=O)(=O)c2c[nH]c3ncccc23)CC1. The zero-order valence-corrected chi connectivity index (χ0v) is 13.8. The van der Waals surface area contributed by atoms with Gasteiger partial charge in [0.05, 0.1) is 6.10 Å². The molecule has 0 aromatic carbocycles. The van der Waals surface area contributed by atoms with Crippen molar-refractivity contribution in [3.63, 3.8) is 0 Å². The molecule has 3 rings (SSSR count). The highest BCUT2D eigenvalue weighted by Crippen LogP contribution is 2.27. The number of nitrogens with zero attached hydrogens (tertiary/aromatic N) is 2. The number of rotatable bonds is 6. The Morgan fingerprint density at radius 2 is 2.17 bits per heavy atom. The number of hydrogen-bond donors (Lipinski definition) is 2. The van der Waals surface area contributed by atoms with Gasteiger partial charge >= 0.3 is 0 Å². The Morgan fingerprint density at radius 3 is 2.91 bits per heavy atom. The van der Waals surface area contributed by atoms with Crippen LogP contribution in [0.15, 0.2) is 29.4 Å². The van der Waals surface area contributed by atoms with Gasteiger partial charge in [0.25, 0.3) is 0 Å². The van der Waals surface area contributed by atoms with E-state index in [1.165, 1.54) is 10.5 Å². The average molecular weight is 338 g/mol. The van der Waals surface area contributed by atoms with Gasteiger partial charge in [-0.25, -0.2) is 13.4 Å². The number of piperidine rings is 1. The van der Waals surface area contributed by atoms with Crippen molar-refractivity contribution in [2.75, 3.05) is 26.2 Å². The van der Waals surface area contributed by atoms with Gasteiger partial charge in [-0.3, -0.25) is 0 Å². The largest absolute Gasteiger partial charge is 0.378 e. The highest BCUT2D eigenvalue weighted by atomic mass is 32.2. The number of nitrogens with one attached hydrogen (secondary N) is 1. The van der Waals surface area contributed by atoms with Crippen LogP contribution in [0.4, 0.5) is 0 Å². The minimum Gasteiger partial charge on any atom is -0.378 e. The Balaban J connectivity index is 1.70. The van der Waals surface area contributed by atoms with Crippen molar-refractivity contribution >= 4 is 21.1 Å². The normalized spacial score (nSPS) is 17.8. The molecule has 126 valence electrons. The van der Waals surface area contributed by atoms with E-state index in [-0.39, 0.29) is 6.10 Å². The van der Waals surface area contributed by atoms with E-state index in [1.807, 2.05) is 0 Å². The summed E-state index contributed by atoms with van der Waals surface area (Å²) in [6.07, 6.45) is 5.55. The second-order valence-electron chi connectivity index (χ2n) is 5.67. The van der Waals surface area contributed by atoms with Crippen LogP contribution in [0.3, 0.4) is 0 Å². The first-order chi connectivity index (χ1) is 11.1. The van der Waals surface area contributed by atoms with Crippen LogP contribution in [0.1, 0.15) is 19.3 Å². The minimum absolute atomic E-state index is 0.123. The van der Waals surface area contributed by atoms with Crippen molar-refractivity contribution in [2.24, 2.45) is 5.73 Å². The first-order valence-electron chi connectivity index (χ1n) is 7.87. The third-order valence-corrected chi connectivity index (χ3v) is 6.07. The molecule has 2 aromatic rings. The van der Waals surface area contributed by atoms with E-state index >= 15 is 0 Å². The second kappa shape index (κ2) is 6.96. The Bertz CT molecular complexity index is 751. The number of pyridine rings is 1. The highest BCUT2D eigenvalue weighted by Gasteiger charge is 2.31. The van der Waals surface area contributed by atoms with Gasteiger partial charge in [-0.2, -0.15) is 4.31 Å². The number of aromatic amines is 1. The number of sulfonamides is 1. The molecule has 0 saturated carbocycles. The van der Waals surface area contributed by atoms with Gasteiger partial charge in [-0.1, -0.05) is 0 Å². The van der Waals surface area contributed by atoms with Crippen molar-refractivity contribution in [2.45, 2.75) is 30.3 Å². The summed E-state index contributed by atoms with van der Waals surface area (Å²) in [5, 5.41) is 0.633. The number of fused-ring (bicyclic) bond motifs is 1. The second-order valence-corrected chi connectivity index (χ2v) is 7.58. The summed E-state index contributed by atoms with van der Waals surface area (Å²) in [5.74, 6) is 0. The third-order valence-electron chi connectivity index (χ3n) is 4.13. The van der Waals surface area contributed by atoms with E-state index in [2.05, 4.69) is 9.97 Å². The molecule has 1 fully saturated rings. The van der Waals surface area contributed by atoms with Crippen LogP contribution < -0.4 is 5.73 Å². The lowest BCUT2D eigenvalue weighted by molar-refractivity contribution is 0.0209. The summed E-state index contributed by atoms with van der Waals surface area (Å²) in [6.45, 7) is 2.20. The fourth-order valence-electron chi connectivity index (χ4n) is 2.86. The number of nitrogens with two attached hydrogens (primary N) is 1. The quantitative estimate of drug-likeness (QED) is 0.768. The van der Waals surface area contributed by atoms with Crippen molar-refractivity contribution in [3.8, 4) is 0 Å². The topological polar surface area (TPSA) is 101 Å². The van der Waals surface area contributed by atoms with Crippen LogP contribution in [0, 0.1) is 0 Å². The molecule has 0 aliphatic carbocycles. The Kier molecular flexibility index (Phi) is 4.96. The average Bonchev–Trinajstić information content (AvgIpc) is 3.00. The van der Waals surface area contributed by atoms with Gasteiger partial charge in [0.15, 0.2) is 0 Å². The molecule has 1 saturated heterocycles. The predicted molar refractivity (Wildman–Crippen MR) is 87.5 cm³/mol. The molecule has 0 unspecified atom stereocenters. The fraction of sp³-hybridized carbons (Fsp3) is 0.533. The molecule has 23 heavy (non-hydrogen) atoms. The summed E-state index contributed by atoms with van der Waals surface area (Å²) < 4.78 is 33.0. The minimum atomic E-state index is -3.51. The zero-order valence-electron chi connectivity index (χ0n) is 12.9. The lowest BCUT2D eigenvalue weighted by Gasteiger charge is -2.31. The molecule has 0 atom stereocenters. The van der Waals surface area contributed by atoms with Gasteiger partial charge in [0.2, 0.25) is 10.0 Å². The van der Waals surface area contributed by atoms with Crippen LogP contribution >= 0.6 is 0 Å². The van der Waals surface area contributed by atoms with Crippen molar-refractivity contribution in [3.05, 3.63) is 24.5 Å². The van der Waals surface area contributed by atoms with Gasteiger partial charge in [-0.15, -0.1) is 0 Å². The van der Waals surface area contributed by atoms with Gasteiger partial charge in [0.1, 0.15) is 10.5 Å². The molecular weight excluding hydrogens is 316 g/mol. The number of aromatic nitrogens is 2. The van der Waals surface area contributed by atoms with Crippen LogP contribution in [0.2, 0.25) is 0 Å². The maximum atomic E-state index is 12.9. The Labute approximate surface area is 135 Å². The maximum Gasteiger partial charge on any atom is 0.245 e. The van der Waals surface area contributed by atoms with Crippen LogP contribution in [-0.4, -0.2) is 55.0 Å². The van der Waals surface area contributed by atoms with Gasteiger partial charge in [-0.05, 0) is 37.9 Å². The van der Waals surface area contributed by atoms with Crippen molar-refractivity contribution < 1.29 is 13.2 Å². The lowest BCUT2D eigenvalue weighted by atomic mass is 10.1. The smallest absolute Gasteiger partial charge is 0.245 e. The fourth-order valence-corrected chi connectivity index (χ4v) is 4.48. The standard InChI is InChI=1S/C15H22N4O3S/c16-6-2-10-22-12-4-8-19(9-5-12)23(20,21)14-11-18-15-13(14)3-1-7-17-15/h1,3,7,11-12H,2,4-6,8-10,16H2,(H,17,18). The maximum absolute atomic E-state index is 12.9. The van der Waals surface area contributed by atoms with E-state index in [9.17, 15) is 8.42 Å². The molecule has 3 heterocycles. The molecule has 0 spiro atoms. The predicted octanol–water partition coefficient (Wildman–Crippen LogP) is 1.08. The molecule has 0 radical (unpaired) electrons. The summed E-state index contributed by atoms with van der Waals surface area (Å²) in [4.78, 5) is 7.36. The molecular formula is C15H22N4O3S. The molecule has 2 aromatic heterocycles. The van der Waals surface area contributed by atoms with E-state index in [4.69, 9.17) is 10.5 Å². The van der Waals surface area contributed by atoms with Gasteiger partial charge in [0, 0.05) is 37.5 Å². The zero-order chi connectivity index (χ0) is 16.3. The van der Waals surface area contributed by atoms with E-state index in [0.29, 0.717) is 55.0 Å². The molecule has 1 aliphatic rings. The lowest BCUT2D eigenvalue weighted by Crippen LogP contribution is -2.40. The number of hydrogen-bond acceptors (Lipinski definition) is 5. The van der Waals surface area contributed by atoms with E-state index < -0.39 is 10.0 Å².